The number of rotatable bonds is 3. The molecule has 2 aromatic rings. The van der Waals surface area contributed by atoms with E-state index in [0.29, 0.717) is 6.04 Å². The molecule has 1 N–H and O–H groups in total. The van der Waals surface area contributed by atoms with Gasteiger partial charge >= 0.3 is 0 Å². The van der Waals surface area contributed by atoms with Gasteiger partial charge < -0.3 is 5.32 Å². The van der Waals surface area contributed by atoms with E-state index < -0.39 is 0 Å². The van der Waals surface area contributed by atoms with Crippen molar-refractivity contribution in [3.8, 4) is 0 Å². The monoisotopic (exact) mass is 337 g/mol. The standard InChI is InChI=1S/C14H16BrN3S/c1-9-16-6-5-10(18-9)8-17-12-3-2-4-13-11(12)7-14(15)19-13/h5-7,12,17H,2-4,8H2,1H3. The molecule has 0 amide bonds. The fourth-order valence-electron chi connectivity index (χ4n) is 2.56. The first-order valence-corrected chi connectivity index (χ1v) is 8.13. The highest BCUT2D eigenvalue weighted by Gasteiger charge is 2.22. The average molecular weight is 338 g/mol. The van der Waals surface area contributed by atoms with E-state index in [0.717, 1.165) is 18.1 Å². The molecule has 0 saturated carbocycles. The van der Waals surface area contributed by atoms with Gasteiger partial charge in [0.1, 0.15) is 5.82 Å². The van der Waals surface area contributed by atoms with E-state index in [-0.39, 0.29) is 0 Å². The fourth-order valence-corrected chi connectivity index (χ4v) is 4.38. The van der Waals surface area contributed by atoms with Gasteiger partial charge in [-0.1, -0.05) is 0 Å². The number of halogens is 1. The van der Waals surface area contributed by atoms with Crippen molar-refractivity contribution in [1.82, 2.24) is 15.3 Å². The summed E-state index contributed by atoms with van der Waals surface area (Å²) in [7, 11) is 0. The van der Waals surface area contributed by atoms with E-state index in [2.05, 4.69) is 37.3 Å². The molecule has 5 heteroatoms. The van der Waals surface area contributed by atoms with Gasteiger partial charge in [0, 0.05) is 23.7 Å². The summed E-state index contributed by atoms with van der Waals surface area (Å²) in [6.45, 7) is 2.74. The largest absolute Gasteiger partial charge is 0.304 e. The van der Waals surface area contributed by atoms with Crippen molar-refractivity contribution in [2.24, 2.45) is 0 Å². The molecular weight excluding hydrogens is 322 g/mol. The molecule has 0 radical (unpaired) electrons. The van der Waals surface area contributed by atoms with Gasteiger partial charge in [-0.2, -0.15) is 0 Å². The van der Waals surface area contributed by atoms with Crippen LogP contribution in [-0.4, -0.2) is 9.97 Å². The van der Waals surface area contributed by atoms with Crippen molar-refractivity contribution < 1.29 is 0 Å². The molecule has 1 aliphatic carbocycles. The minimum absolute atomic E-state index is 0.460. The van der Waals surface area contributed by atoms with Crippen LogP contribution in [0.4, 0.5) is 0 Å². The number of nitrogens with one attached hydrogen (secondary N) is 1. The Morgan fingerprint density at radius 2 is 2.42 bits per heavy atom. The zero-order valence-corrected chi connectivity index (χ0v) is 13.2. The number of nitrogens with zero attached hydrogens (tertiary/aromatic N) is 2. The van der Waals surface area contributed by atoms with Gasteiger partial charge in [0.25, 0.3) is 0 Å². The van der Waals surface area contributed by atoms with Crippen LogP contribution < -0.4 is 5.32 Å². The molecule has 0 bridgehead atoms. The normalized spacial score (nSPS) is 18.3. The third-order valence-electron chi connectivity index (χ3n) is 3.45. The second-order valence-electron chi connectivity index (χ2n) is 4.85. The molecule has 1 unspecified atom stereocenters. The van der Waals surface area contributed by atoms with Gasteiger partial charge in [-0.05, 0) is 59.8 Å². The maximum atomic E-state index is 4.44. The van der Waals surface area contributed by atoms with Crippen LogP contribution in [0, 0.1) is 6.92 Å². The van der Waals surface area contributed by atoms with Crippen LogP contribution in [0.15, 0.2) is 22.1 Å². The smallest absolute Gasteiger partial charge is 0.125 e. The average Bonchev–Trinajstić information content (AvgIpc) is 2.77. The van der Waals surface area contributed by atoms with Gasteiger partial charge in [-0.15, -0.1) is 11.3 Å². The topological polar surface area (TPSA) is 37.8 Å². The summed E-state index contributed by atoms with van der Waals surface area (Å²) in [5, 5.41) is 3.63. The quantitative estimate of drug-likeness (QED) is 0.926. The Labute approximate surface area is 125 Å². The lowest BCUT2D eigenvalue weighted by Crippen LogP contribution is -2.24. The highest BCUT2D eigenvalue weighted by molar-refractivity contribution is 9.11. The Balaban J connectivity index is 1.71. The number of hydrogen-bond acceptors (Lipinski definition) is 4. The van der Waals surface area contributed by atoms with Crippen LogP contribution >= 0.6 is 27.3 Å². The number of aromatic nitrogens is 2. The number of aryl methyl sites for hydroxylation is 2. The molecule has 1 aliphatic rings. The number of fused-ring (bicyclic) bond motifs is 1. The van der Waals surface area contributed by atoms with Crippen molar-refractivity contribution in [1.29, 1.82) is 0 Å². The van der Waals surface area contributed by atoms with Gasteiger partial charge in [0.15, 0.2) is 0 Å². The first-order chi connectivity index (χ1) is 9.22. The molecule has 2 aromatic heterocycles. The van der Waals surface area contributed by atoms with E-state index in [1.165, 1.54) is 33.5 Å². The van der Waals surface area contributed by atoms with Crippen molar-refractivity contribution in [3.63, 3.8) is 0 Å². The highest BCUT2D eigenvalue weighted by Crippen LogP contribution is 2.37. The van der Waals surface area contributed by atoms with Crippen molar-refractivity contribution in [2.75, 3.05) is 0 Å². The van der Waals surface area contributed by atoms with E-state index in [9.17, 15) is 0 Å². The van der Waals surface area contributed by atoms with Crippen LogP contribution in [0.2, 0.25) is 0 Å². The third kappa shape index (κ3) is 3.04. The van der Waals surface area contributed by atoms with Gasteiger partial charge in [-0.25, -0.2) is 9.97 Å². The van der Waals surface area contributed by atoms with Crippen LogP contribution in [0.1, 0.15) is 40.8 Å². The second kappa shape index (κ2) is 5.69. The molecule has 19 heavy (non-hydrogen) atoms. The predicted octanol–water partition coefficient (Wildman–Crippen LogP) is 3.78. The highest BCUT2D eigenvalue weighted by atomic mass is 79.9. The molecule has 1 atom stereocenters. The molecule has 3 rings (SSSR count). The fraction of sp³-hybridized carbons (Fsp3) is 0.429. The molecule has 2 heterocycles. The maximum Gasteiger partial charge on any atom is 0.125 e. The van der Waals surface area contributed by atoms with E-state index in [4.69, 9.17) is 0 Å². The van der Waals surface area contributed by atoms with Crippen molar-refractivity contribution >= 4 is 27.3 Å². The summed E-state index contributed by atoms with van der Waals surface area (Å²) < 4.78 is 1.24. The van der Waals surface area contributed by atoms with Crippen molar-refractivity contribution in [3.05, 3.63) is 44.1 Å². The summed E-state index contributed by atoms with van der Waals surface area (Å²) in [6.07, 6.45) is 5.52. The molecule has 100 valence electrons. The Morgan fingerprint density at radius 1 is 1.53 bits per heavy atom. The first-order valence-electron chi connectivity index (χ1n) is 6.52. The Kier molecular flexibility index (Phi) is 3.96. The van der Waals surface area contributed by atoms with Gasteiger partial charge in [-0.3, -0.25) is 0 Å². The molecule has 0 spiro atoms. The molecule has 3 nitrogen and oxygen atoms in total. The van der Waals surface area contributed by atoms with Crippen molar-refractivity contribution in [2.45, 2.75) is 38.8 Å². The maximum absolute atomic E-state index is 4.44. The molecule has 0 aliphatic heterocycles. The van der Waals surface area contributed by atoms with E-state index >= 15 is 0 Å². The van der Waals surface area contributed by atoms with Crippen LogP contribution in [0.3, 0.4) is 0 Å². The zero-order valence-electron chi connectivity index (χ0n) is 10.8. The molecular formula is C14H16BrN3S. The van der Waals surface area contributed by atoms with Gasteiger partial charge in [0.05, 0.1) is 9.48 Å². The predicted molar refractivity (Wildman–Crippen MR) is 81.3 cm³/mol. The van der Waals surface area contributed by atoms with E-state index in [1.54, 1.807) is 0 Å². The summed E-state index contributed by atoms with van der Waals surface area (Å²) in [5.41, 5.74) is 2.53. The van der Waals surface area contributed by atoms with Crippen LogP contribution in [-0.2, 0) is 13.0 Å². The second-order valence-corrected chi connectivity index (χ2v) is 7.37. The van der Waals surface area contributed by atoms with Crippen LogP contribution in [0.25, 0.3) is 0 Å². The minimum Gasteiger partial charge on any atom is -0.304 e. The third-order valence-corrected chi connectivity index (χ3v) is 5.16. The number of hydrogen-bond donors (Lipinski definition) is 1. The lowest BCUT2D eigenvalue weighted by molar-refractivity contribution is 0.459. The Morgan fingerprint density at radius 3 is 3.26 bits per heavy atom. The SMILES string of the molecule is Cc1nccc(CNC2CCCc3sc(Br)cc32)n1. The summed E-state index contributed by atoms with van der Waals surface area (Å²) in [6, 6.07) is 4.71. The Bertz CT molecular complexity index is 582. The van der Waals surface area contributed by atoms with E-state index in [1.807, 2.05) is 30.5 Å². The summed E-state index contributed by atoms with van der Waals surface area (Å²) in [4.78, 5) is 10.1. The van der Waals surface area contributed by atoms with Crippen LogP contribution in [0.5, 0.6) is 0 Å². The lowest BCUT2D eigenvalue weighted by atomic mass is 9.94. The number of thiophene rings is 1. The molecule has 0 fully saturated rings. The molecule has 0 saturated heterocycles. The summed E-state index contributed by atoms with van der Waals surface area (Å²) >= 11 is 5.46. The Hall–Kier alpha value is -0.780. The zero-order chi connectivity index (χ0) is 13.2. The lowest BCUT2D eigenvalue weighted by Gasteiger charge is -2.23. The molecule has 0 aromatic carbocycles. The first kappa shape index (κ1) is 13.2. The van der Waals surface area contributed by atoms with Gasteiger partial charge in [0.2, 0.25) is 0 Å². The minimum atomic E-state index is 0.460. The summed E-state index contributed by atoms with van der Waals surface area (Å²) in [5.74, 6) is 0.835.